The molecule has 2 atom stereocenters. The number of thioether (sulfide) groups is 1. The molecule has 23 heavy (non-hydrogen) atoms. The molecular formula is C14H20N2O6S. The Hall–Kier alpha value is -1.97. The average molecular weight is 344 g/mol. The molecule has 1 rings (SSSR count). The summed E-state index contributed by atoms with van der Waals surface area (Å²) in [4.78, 5) is 22.0. The lowest BCUT2D eigenvalue weighted by Crippen LogP contribution is -2.46. The maximum Gasteiger partial charge on any atom is 0.321 e. The lowest BCUT2D eigenvalue weighted by molar-refractivity contribution is -0.139. The van der Waals surface area contributed by atoms with Crippen LogP contribution in [-0.2, 0) is 16.0 Å². The van der Waals surface area contributed by atoms with E-state index in [-0.39, 0.29) is 11.3 Å². The second-order valence-electron chi connectivity index (χ2n) is 5.63. The maximum atomic E-state index is 11.0. The summed E-state index contributed by atoms with van der Waals surface area (Å²) in [5, 5.41) is 37.6. The van der Waals surface area contributed by atoms with Gasteiger partial charge in [-0.25, -0.2) is 0 Å². The number of phenols is 2. The van der Waals surface area contributed by atoms with Crippen molar-refractivity contribution in [3.63, 3.8) is 0 Å². The van der Waals surface area contributed by atoms with Gasteiger partial charge in [0.25, 0.3) is 0 Å². The molecule has 0 amide bonds. The van der Waals surface area contributed by atoms with Gasteiger partial charge in [-0.05, 0) is 38.0 Å². The molecule has 0 aliphatic heterocycles. The number of hydrogen-bond donors (Lipinski definition) is 6. The second-order valence-corrected chi connectivity index (χ2v) is 7.33. The van der Waals surface area contributed by atoms with Crippen molar-refractivity contribution in [3.8, 4) is 11.5 Å². The van der Waals surface area contributed by atoms with E-state index in [1.165, 1.54) is 12.1 Å². The van der Waals surface area contributed by atoms with Crippen molar-refractivity contribution >= 4 is 23.7 Å². The highest BCUT2D eigenvalue weighted by Crippen LogP contribution is 2.43. The van der Waals surface area contributed by atoms with Gasteiger partial charge in [-0.3, -0.25) is 9.59 Å². The van der Waals surface area contributed by atoms with E-state index in [2.05, 4.69) is 0 Å². The summed E-state index contributed by atoms with van der Waals surface area (Å²) < 4.78 is -0.983. The predicted molar refractivity (Wildman–Crippen MR) is 84.6 cm³/mol. The SMILES string of the molecule is CC(C)(Sc1cc(C[C@H](N)C(=O)O)cc(O)c1O)[C@H](N)C(=O)O. The first kappa shape index (κ1) is 19.1. The number of carboxylic acids is 2. The minimum absolute atomic E-state index is 0.0534. The number of rotatable bonds is 7. The molecule has 0 saturated heterocycles. The van der Waals surface area contributed by atoms with Crippen molar-refractivity contribution in [2.75, 3.05) is 0 Å². The lowest BCUT2D eigenvalue weighted by Gasteiger charge is -2.28. The van der Waals surface area contributed by atoms with Crippen molar-refractivity contribution < 1.29 is 30.0 Å². The molecule has 8 N–H and O–H groups in total. The molecule has 0 unspecified atom stereocenters. The molecule has 0 radical (unpaired) electrons. The van der Waals surface area contributed by atoms with E-state index in [9.17, 15) is 19.8 Å². The first-order valence-electron chi connectivity index (χ1n) is 6.66. The molecule has 0 fully saturated rings. The highest BCUT2D eigenvalue weighted by atomic mass is 32.2. The smallest absolute Gasteiger partial charge is 0.321 e. The summed E-state index contributed by atoms with van der Waals surface area (Å²) in [6.07, 6.45) is -0.0534. The zero-order valence-electron chi connectivity index (χ0n) is 12.7. The molecule has 9 heteroatoms. The van der Waals surface area contributed by atoms with Gasteiger partial charge in [-0.2, -0.15) is 0 Å². The zero-order valence-corrected chi connectivity index (χ0v) is 13.5. The van der Waals surface area contributed by atoms with Crippen LogP contribution in [0.3, 0.4) is 0 Å². The Labute approximate surface area is 137 Å². The van der Waals surface area contributed by atoms with E-state index >= 15 is 0 Å². The highest BCUT2D eigenvalue weighted by Gasteiger charge is 2.34. The molecule has 0 aromatic heterocycles. The fraction of sp³-hybridized carbons (Fsp3) is 0.429. The number of nitrogens with two attached hydrogens (primary N) is 2. The summed E-state index contributed by atoms with van der Waals surface area (Å²) in [6, 6.07) is 0.301. The predicted octanol–water partition coefficient (Wildman–Crippen LogP) is 0.335. The van der Waals surface area contributed by atoms with E-state index in [4.69, 9.17) is 21.7 Å². The van der Waals surface area contributed by atoms with Crippen LogP contribution in [0.1, 0.15) is 19.4 Å². The summed E-state index contributed by atoms with van der Waals surface area (Å²) >= 11 is 0.969. The Morgan fingerprint density at radius 3 is 2.22 bits per heavy atom. The first-order chi connectivity index (χ1) is 10.5. The zero-order chi connectivity index (χ0) is 17.9. The fourth-order valence-corrected chi connectivity index (χ4v) is 3.04. The van der Waals surface area contributed by atoms with Crippen molar-refractivity contribution in [1.82, 2.24) is 0 Å². The van der Waals surface area contributed by atoms with Crippen LogP contribution in [0.4, 0.5) is 0 Å². The van der Waals surface area contributed by atoms with E-state index in [1.807, 2.05) is 0 Å². The second kappa shape index (κ2) is 7.07. The minimum atomic E-state index is -1.21. The molecule has 128 valence electrons. The number of benzene rings is 1. The van der Waals surface area contributed by atoms with Gasteiger partial charge in [0, 0.05) is 4.75 Å². The topological polar surface area (TPSA) is 167 Å². The largest absolute Gasteiger partial charge is 0.504 e. The van der Waals surface area contributed by atoms with E-state index < -0.39 is 40.3 Å². The Kier molecular flexibility index (Phi) is 5.86. The summed E-state index contributed by atoms with van der Waals surface area (Å²) in [5.41, 5.74) is 11.5. The standard InChI is InChI=1S/C14H20N2O6S/c1-14(2,11(16)13(21)22)23-9-5-6(3-7(15)12(19)20)4-8(17)10(9)18/h4-5,7,11,17-18H,3,15-16H2,1-2H3,(H,19,20)(H,21,22)/t7-,11+/m0/s1. The summed E-state index contributed by atoms with van der Waals surface area (Å²) in [6.45, 7) is 3.17. The molecule has 0 spiro atoms. The van der Waals surface area contributed by atoms with Crippen molar-refractivity contribution in [2.24, 2.45) is 11.5 Å². The Morgan fingerprint density at radius 2 is 1.74 bits per heavy atom. The van der Waals surface area contributed by atoms with Crippen LogP contribution >= 0.6 is 11.8 Å². The van der Waals surface area contributed by atoms with Crippen LogP contribution in [0.25, 0.3) is 0 Å². The number of carboxylic acid groups (broad SMARTS) is 2. The van der Waals surface area contributed by atoms with Crippen molar-refractivity contribution in [2.45, 2.75) is 42.0 Å². The number of hydrogen-bond acceptors (Lipinski definition) is 7. The maximum absolute atomic E-state index is 11.0. The Bertz CT molecular complexity index is 620. The van der Waals surface area contributed by atoms with Crippen molar-refractivity contribution in [1.29, 1.82) is 0 Å². The van der Waals surface area contributed by atoms with Crippen LogP contribution < -0.4 is 11.5 Å². The number of aromatic hydroxyl groups is 2. The third-order valence-electron chi connectivity index (χ3n) is 3.28. The van der Waals surface area contributed by atoms with Gasteiger partial charge in [-0.1, -0.05) is 0 Å². The molecule has 8 nitrogen and oxygen atoms in total. The van der Waals surface area contributed by atoms with Gasteiger partial charge < -0.3 is 31.9 Å². The Morgan fingerprint density at radius 1 is 1.17 bits per heavy atom. The van der Waals surface area contributed by atoms with Gasteiger partial charge in [0.15, 0.2) is 11.5 Å². The third kappa shape index (κ3) is 4.75. The van der Waals surface area contributed by atoms with Crippen LogP contribution in [-0.4, -0.2) is 49.2 Å². The third-order valence-corrected chi connectivity index (χ3v) is 4.59. The normalized spacial score (nSPS) is 14.3. The van der Waals surface area contributed by atoms with Gasteiger partial charge in [-0.15, -0.1) is 11.8 Å². The van der Waals surface area contributed by atoms with Crippen molar-refractivity contribution in [3.05, 3.63) is 17.7 Å². The van der Waals surface area contributed by atoms with Crippen LogP contribution in [0.15, 0.2) is 17.0 Å². The molecule has 1 aromatic carbocycles. The summed E-state index contributed by atoms with van der Waals surface area (Å²) in [7, 11) is 0. The monoisotopic (exact) mass is 344 g/mol. The van der Waals surface area contributed by atoms with Gasteiger partial charge >= 0.3 is 11.9 Å². The Balaban J connectivity index is 3.13. The quantitative estimate of drug-likeness (QED) is 0.302. The van der Waals surface area contributed by atoms with Gasteiger partial charge in [0.05, 0.1) is 4.90 Å². The molecule has 0 heterocycles. The average Bonchev–Trinajstić information content (AvgIpc) is 2.42. The number of aliphatic carboxylic acids is 2. The molecule has 0 aliphatic rings. The van der Waals surface area contributed by atoms with E-state index in [0.717, 1.165) is 11.8 Å². The lowest BCUT2D eigenvalue weighted by atomic mass is 10.0. The fourth-order valence-electron chi connectivity index (χ4n) is 1.83. The highest BCUT2D eigenvalue weighted by molar-refractivity contribution is 8.00. The van der Waals surface area contributed by atoms with Crippen LogP contribution in [0.5, 0.6) is 11.5 Å². The minimum Gasteiger partial charge on any atom is -0.504 e. The number of carbonyl (C=O) groups is 2. The number of phenolic OH excluding ortho intramolecular Hbond substituents is 2. The molecular weight excluding hydrogens is 324 g/mol. The van der Waals surface area contributed by atoms with E-state index in [1.54, 1.807) is 13.8 Å². The van der Waals surface area contributed by atoms with Crippen LogP contribution in [0, 0.1) is 0 Å². The first-order valence-corrected chi connectivity index (χ1v) is 7.48. The molecule has 1 aromatic rings. The molecule has 0 bridgehead atoms. The molecule has 0 saturated carbocycles. The molecule has 0 aliphatic carbocycles. The van der Waals surface area contributed by atoms with Gasteiger partial charge in [0.1, 0.15) is 12.1 Å². The summed E-state index contributed by atoms with van der Waals surface area (Å²) in [5.74, 6) is -3.26. The van der Waals surface area contributed by atoms with Crippen LogP contribution in [0.2, 0.25) is 0 Å². The van der Waals surface area contributed by atoms with Gasteiger partial charge in [0.2, 0.25) is 0 Å². The van der Waals surface area contributed by atoms with E-state index in [0.29, 0.717) is 5.56 Å².